The van der Waals surface area contributed by atoms with E-state index >= 15 is 0 Å². The van der Waals surface area contributed by atoms with Gasteiger partial charge < -0.3 is 10.0 Å². The molecule has 0 unspecified atom stereocenters. The molecule has 4 heteroatoms. The number of aliphatic hydroxyl groups excluding tert-OH is 1. The van der Waals surface area contributed by atoms with Gasteiger partial charge in [0, 0.05) is 43.5 Å². The van der Waals surface area contributed by atoms with E-state index in [0.29, 0.717) is 12.6 Å². The van der Waals surface area contributed by atoms with E-state index in [1.807, 2.05) is 6.07 Å². The van der Waals surface area contributed by atoms with Crippen molar-refractivity contribution in [3.05, 3.63) is 29.6 Å². The Kier molecular flexibility index (Phi) is 5.32. The van der Waals surface area contributed by atoms with Crippen molar-refractivity contribution in [2.75, 3.05) is 31.1 Å². The quantitative estimate of drug-likeness (QED) is 0.747. The predicted octanol–water partition coefficient (Wildman–Crippen LogP) is 3.16. The van der Waals surface area contributed by atoms with Crippen molar-refractivity contribution in [2.45, 2.75) is 51.1 Å². The van der Waals surface area contributed by atoms with Crippen LogP contribution in [0.25, 0.3) is 0 Å². The van der Waals surface area contributed by atoms with Crippen LogP contribution in [-0.4, -0.2) is 42.3 Å². The van der Waals surface area contributed by atoms with Gasteiger partial charge in [0.2, 0.25) is 0 Å². The zero-order chi connectivity index (χ0) is 15.4. The standard InChI is InChI=1S/C18H27FN2O/c19-17-6-5-7-18(20-10-1-2-11-20)16(17)14-21(15-8-9-15)12-3-4-13-22/h5-7,15,22H,1-4,8-14H2. The minimum atomic E-state index is -0.0720. The molecular weight excluding hydrogens is 279 g/mol. The molecule has 1 saturated carbocycles. The van der Waals surface area contributed by atoms with E-state index in [1.165, 1.54) is 25.7 Å². The normalized spacial score (nSPS) is 18.4. The van der Waals surface area contributed by atoms with Crippen molar-refractivity contribution in [3.8, 4) is 0 Å². The maximum Gasteiger partial charge on any atom is 0.129 e. The summed E-state index contributed by atoms with van der Waals surface area (Å²) < 4.78 is 14.4. The predicted molar refractivity (Wildman–Crippen MR) is 87.6 cm³/mol. The van der Waals surface area contributed by atoms with Crippen LogP contribution in [0.3, 0.4) is 0 Å². The first kappa shape index (κ1) is 15.8. The molecule has 2 fully saturated rings. The Labute approximate surface area is 132 Å². The maximum atomic E-state index is 14.4. The average Bonchev–Trinajstić information content (AvgIpc) is 3.22. The Morgan fingerprint density at radius 1 is 1.18 bits per heavy atom. The Morgan fingerprint density at radius 3 is 2.64 bits per heavy atom. The molecule has 3 rings (SSSR count). The van der Waals surface area contributed by atoms with Gasteiger partial charge in [0.25, 0.3) is 0 Å². The number of aliphatic hydroxyl groups is 1. The summed E-state index contributed by atoms with van der Waals surface area (Å²) in [6, 6.07) is 6.11. The Hall–Kier alpha value is -1.13. The lowest BCUT2D eigenvalue weighted by Crippen LogP contribution is -2.29. The van der Waals surface area contributed by atoms with E-state index < -0.39 is 0 Å². The number of halogens is 1. The van der Waals surface area contributed by atoms with Crippen molar-refractivity contribution in [2.24, 2.45) is 0 Å². The van der Waals surface area contributed by atoms with Crippen LogP contribution in [0.5, 0.6) is 0 Å². The molecule has 0 amide bonds. The molecule has 1 aliphatic carbocycles. The highest BCUT2D eigenvalue weighted by Crippen LogP contribution is 2.33. The molecule has 1 aromatic rings. The Balaban J connectivity index is 1.74. The van der Waals surface area contributed by atoms with Crippen LogP contribution in [-0.2, 0) is 6.54 Å². The zero-order valence-electron chi connectivity index (χ0n) is 13.3. The lowest BCUT2D eigenvalue weighted by molar-refractivity contribution is 0.227. The number of benzene rings is 1. The van der Waals surface area contributed by atoms with Crippen LogP contribution in [0.4, 0.5) is 10.1 Å². The molecule has 0 spiro atoms. The van der Waals surface area contributed by atoms with E-state index in [9.17, 15) is 4.39 Å². The summed E-state index contributed by atoms with van der Waals surface area (Å²) in [5.41, 5.74) is 1.95. The van der Waals surface area contributed by atoms with Crippen molar-refractivity contribution < 1.29 is 9.50 Å². The molecule has 122 valence electrons. The number of anilines is 1. The summed E-state index contributed by atoms with van der Waals surface area (Å²) in [6.07, 6.45) is 6.69. The van der Waals surface area contributed by atoms with E-state index in [0.717, 1.165) is 43.7 Å². The summed E-state index contributed by atoms with van der Waals surface area (Å²) in [6.45, 7) is 4.00. The number of rotatable bonds is 8. The zero-order valence-corrected chi connectivity index (χ0v) is 13.3. The number of hydrogen-bond acceptors (Lipinski definition) is 3. The Morgan fingerprint density at radius 2 is 1.95 bits per heavy atom. The van der Waals surface area contributed by atoms with Gasteiger partial charge in [0.05, 0.1) is 0 Å². The summed E-state index contributed by atoms with van der Waals surface area (Å²) >= 11 is 0. The summed E-state index contributed by atoms with van der Waals surface area (Å²) in [7, 11) is 0. The lowest BCUT2D eigenvalue weighted by atomic mass is 10.1. The van der Waals surface area contributed by atoms with Gasteiger partial charge in [-0.25, -0.2) is 4.39 Å². The minimum absolute atomic E-state index is 0.0720. The van der Waals surface area contributed by atoms with Crippen molar-refractivity contribution in [3.63, 3.8) is 0 Å². The van der Waals surface area contributed by atoms with E-state index in [2.05, 4.69) is 15.9 Å². The molecule has 1 N–H and O–H groups in total. The number of unbranched alkanes of at least 4 members (excludes halogenated alkanes) is 1. The highest BCUT2D eigenvalue weighted by molar-refractivity contribution is 5.54. The van der Waals surface area contributed by atoms with Gasteiger partial charge in [-0.05, 0) is 57.2 Å². The third kappa shape index (κ3) is 3.79. The molecule has 1 saturated heterocycles. The molecule has 22 heavy (non-hydrogen) atoms. The minimum Gasteiger partial charge on any atom is -0.396 e. The molecule has 1 aromatic carbocycles. The highest BCUT2D eigenvalue weighted by Gasteiger charge is 2.30. The van der Waals surface area contributed by atoms with Crippen LogP contribution < -0.4 is 4.90 Å². The van der Waals surface area contributed by atoms with Crippen molar-refractivity contribution in [1.29, 1.82) is 0 Å². The molecule has 2 aliphatic rings. The molecular formula is C18H27FN2O. The third-order valence-electron chi connectivity index (χ3n) is 4.82. The SMILES string of the molecule is OCCCCN(Cc1c(F)cccc1N1CCCC1)C1CC1. The molecule has 1 heterocycles. The second-order valence-electron chi connectivity index (χ2n) is 6.56. The first-order valence-corrected chi connectivity index (χ1v) is 8.67. The largest absolute Gasteiger partial charge is 0.396 e. The second kappa shape index (κ2) is 7.42. The summed E-state index contributed by atoms with van der Waals surface area (Å²) in [5.74, 6) is -0.0720. The maximum absolute atomic E-state index is 14.4. The van der Waals surface area contributed by atoms with Gasteiger partial charge in [0.15, 0.2) is 0 Å². The molecule has 3 nitrogen and oxygen atoms in total. The van der Waals surface area contributed by atoms with Crippen LogP contribution in [0.2, 0.25) is 0 Å². The molecule has 0 atom stereocenters. The van der Waals surface area contributed by atoms with Crippen LogP contribution in [0.1, 0.15) is 44.1 Å². The van der Waals surface area contributed by atoms with Crippen molar-refractivity contribution in [1.82, 2.24) is 4.90 Å². The molecule has 0 radical (unpaired) electrons. The first-order valence-electron chi connectivity index (χ1n) is 8.67. The molecule has 0 bridgehead atoms. The third-order valence-corrected chi connectivity index (χ3v) is 4.82. The van der Waals surface area contributed by atoms with Crippen LogP contribution in [0, 0.1) is 5.82 Å². The van der Waals surface area contributed by atoms with Gasteiger partial charge in [0.1, 0.15) is 5.82 Å². The van der Waals surface area contributed by atoms with Gasteiger partial charge in [-0.3, -0.25) is 4.90 Å². The van der Waals surface area contributed by atoms with Gasteiger partial charge >= 0.3 is 0 Å². The van der Waals surface area contributed by atoms with E-state index in [-0.39, 0.29) is 12.4 Å². The highest BCUT2D eigenvalue weighted by atomic mass is 19.1. The molecule has 1 aliphatic heterocycles. The fraction of sp³-hybridized carbons (Fsp3) is 0.667. The van der Waals surface area contributed by atoms with Crippen LogP contribution >= 0.6 is 0 Å². The second-order valence-corrected chi connectivity index (χ2v) is 6.56. The van der Waals surface area contributed by atoms with E-state index in [1.54, 1.807) is 6.07 Å². The topological polar surface area (TPSA) is 26.7 Å². The fourth-order valence-electron chi connectivity index (χ4n) is 3.42. The number of nitrogens with zero attached hydrogens (tertiary/aromatic N) is 2. The van der Waals surface area contributed by atoms with Gasteiger partial charge in [-0.2, -0.15) is 0 Å². The monoisotopic (exact) mass is 306 g/mol. The van der Waals surface area contributed by atoms with Crippen molar-refractivity contribution >= 4 is 5.69 Å². The smallest absolute Gasteiger partial charge is 0.129 e. The lowest BCUT2D eigenvalue weighted by Gasteiger charge is -2.27. The van der Waals surface area contributed by atoms with E-state index in [4.69, 9.17) is 5.11 Å². The number of hydrogen-bond donors (Lipinski definition) is 1. The fourth-order valence-corrected chi connectivity index (χ4v) is 3.42. The Bertz CT molecular complexity index is 484. The average molecular weight is 306 g/mol. The van der Waals surface area contributed by atoms with Gasteiger partial charge in [-0.1, -0.05) is 6.07 Å². The summed E-state index contributed by atoms with van der Waals surface area (Å²) in [5, 5.41) is 8.97. The van der Waals surface area contributed by atoms with Crippen LogP contribution in [0.15, 0.2) is 18.2 Å². The van der Waals surface area contributed by atoms with Gasteiger partial charge in [-0.15, -0.1) is 0 Å². The molecule has 0 aromatic heterocycles. The first-order chi connectivity index (χ1) is 10.8. The summed E-state index contributed by atoms with van der Waals surface area (Å²) in [4.78, 5) is 4.74.